The summed E-state index contributed by atoms with van der Waals surface area (Å²) >= 11 is 0. The van der Waals surface area contributed by atoms with Crippen LogP contribution in [0.2, 0.25) is 0 Å². The van der Waals surface area contributed by atoms with E-state index in [1.54, 1.807) is 7.11 Å². The van der Waals surface area contributed by atoms with Crippen LogP contribution in [0.4, 0.5) is 0 Å². The Kier molecular flexibility index (Phi) is 9.48. The largest absolute Gasteiger partial charge is 0.497 e. The lowest BCUT2D eigenvalue weighted by Crippen LogP contribution is -2.26. The minimum absolute atomic E-state index is 0. The van der Waals surface area contributed by atoms with Gasteiger partial charge in [0.1, 0.15) is 11.5 Å². The number of carbonyl (C=O) groups excluding carboxylic acids is 1. The Morgan fingerprint density at radius 1 is 1.39 bits per heavy atom. The first-order valence-corrected chi connectivity index (χ1v) is 8.02. The molecular formula is C17H27ClN2O3. The Labute approximate surface area is 144 Å². The summed E-state index contributed by atoms with van der Waals surface area (Å²) in [5, 5.41) is 6.27. The third-order valence-corrected chi connectivity index (χ3v) is 3.90. The van der Waals surface area contributed by atoms with Gasteiger partial charge in [0.05, 0.1) is 13.7 Å². The first kappa shape index (κ1) is 19.6. The molecule has 1 heterocycles. The van der Waals surface area contributed by atoms with Gasteiger partial charge in [-0.15, -0.1) is 12.4 Å². The average Bonchev–Trinajstić information content (AvgIpc) is 3.06. The summed E-state index contributed by atoms with van der Waals surface area (Å²) in [6, 6.07) is 7.53. The van der Waals surface area contributed by atoms with Crippen LogP contribution in [-0.4, -0.2) is 39.3 Å². The molecule has 130 valence electrons. The maximum Gasteiger partial charge on any atom is 0.220 e. The zero-order valence-electron chi connectivity index (χ0n) is 13.7. The van der Waals surface area contributed by atoms with E-state index in [4.69, 9.17) is 9.47 Å². The molecule has 0 aromatic heterocycles. The molecule has 0 saturated carbocycles. The zero-order chi connectivity index (χ0) is 15.6. The number of ether oxygens (including phenoxy) is 2. The molecule has 23 heavy (non-hydrogen) atoms. The highest BCUT2D eigenvalue weighted by molar-refractivity contribution is 5.85. The average molecular weight is 343 g/mol. The van der Waals surface area contributed by atoms with Crippen molar-refractivity contribution in [2.45, 2.75) is 25.7 Å². The van der Waals surface area contributed by atoms with Crippen LogP contribution in [0.15, 0.2) is 24.3 Å². The van der Waals surface area contributed by atoms with Crippen molar-refractivity contribution in [2.75, 3.05) is 33.4 Å². The number of halogens is 1. The molecule has 1 aromatic rings. The molecule has 5 nitrogen and oxygen atoms in total. The van der Waals surface area contributed by atoms with Crippen molar-refractivity contribution >= 4 is 18.3 Å². The van der Waals surface area contributed by atoms with Crippen LogP contribution in [0.25, 0.3) is 0 Å². The molecule has 2 N–H and O–H groups in total. The lowest BCUT2D eigenvalue weighted by molar-refractivity contribution is -0.121. The van der Waals surface area contributed by atoms with Crippen molar-refractivity contribution in [3.05, 3.63) is 24.3 Å². The molecule has 0 spiro atoms. The summed E-state index contributed by atoms with van der Waals surface area (Å²) in [4.78, 5) is 11.7. The van der Waals surface area contributed by atoms with Gasteiger partial charge in [-0.05, 0) is 50.4 Å². The number of methoxy groups -OCH3 is 1. The number of nitrogens with one attached hydrogen (secondary N) is 2. The fourth-order valence-corrected chi connectivity index (χ4v) is 2.57. The predicted octanol–water partition coefficient (Wildman–Crippen LogP) is 2.39. The van der Waals surface area contributed by atoms with Gasteiger partial charge in [-0.3, -0.25) is 4.79 Å². The van der Waals surface area contributed by atoms with Crippen molar-refractivity contribution in [2.24, 2.45) is 5.92 Å². The third-order valence-electron chi connectivity index (χ3n) is 3.90. The van der Waals surface area contributed by atoms with Crippen LogP contribution in [-0.2, 0) is 4.79 Å². The molecule has 6 heteroatoms. The van der Waals surface area contributed by atoms with E-state index >= 15 is 0 Å². The zero-order valence-corrected chi connectivity index (χ0v) is 14.5. The van der Waals surface area contributed by atoms with Gasteiger partial charge in [-0.1, -0.05) is 6.07 Å². The predicted molar refractivity (Wildman–Crippen MR) is 93.6 cm³/mol. The molecule has 0 bridgehead atoms. The summed E-state index contributed by atoms with van der Waals surface area (Å²) < 4.78 is 10.8. The van der Waals surface area contributed by atoms with E-state index in [-0.39, 0.29) is 18.3 Å². The van der Waals surface area contributed by atoms with E-state index < -0.39 is 0 Å². The molecule has 0 radical (unpaired) electrons. The van der Waals surface area contributed by atoms with Crippen LogP contribution in [0.1, 0.15) is 25.7 Å². The highest BCUT2D eigenvalue weighted by Crippen LogP contribution is 2.18. The monoisotopic (exact) mass is 342 g/mol. The normalized spacial score (nSPS) is 16.5. The van der Waals surface area contributed by atoms with Gasteiger partial charge in [0.2, 0.25) is 5.91 Å². The Morgan fingerprint density at radius 2 is 2.22 bits per heavy atom. The van der Waals surface area contributed by atoms with Crippen LogP contribution < -0.4 is 20.1 Å². The molecule has 1 aliphatic heterocycles. The molecule has 1 atom stereocenters. The second kappa shape index (κ2) is 11.1. The van der Waals surface area contributed by atoms with Crippen molar-refractivity contribution in [3.8, 4) is 11.5 Å². The first-order chi connectivity index (χ1) is 10.8. The fraction of sp³-hybridized carbons (Fsp3) is 0.588. The van der Waals surface area contributed by atoms with Crippen molar-refractivity contribution in [1.82, 2.24) is 10.6 Å². The van der Waals surface area contributed by atoms with Gasteiger partial charge >= 0.3 is 0 Å². The number of carbonyl (C=O) groups is 1. The summed E-state index contributed by atoms with van der Waals surface area (Å²) in [5.41, 5.74) is 0. The number of hydrogen-bond acceptors (Lipinski definition) is 4. The molecule has 1 saturated heterocycles. The number of hydrogen-bond donors (Lipinski definition) is 2. The van der Waals surface area contributed by atoms with Crippen LogP contribution in [0.3, 0.4) is 0 Å². The Hall–Kier alpha value is -1.46. The highest BCUT2D eigenvalue weighted by Gasteiger charge is 2.15. The fourth-order valence-electron chi connectivity index (χ4n) is 2.57. The molecule has 1 aliphatic rings. The minimum atomic E-state index is 0. The smallest absolute Gasteiger partial charge is 0.220 e. The standard InChI is InChI=1S/C17H26N2O3.ClH/c1-21-15-4-2-5-16(12-15)22-11-3-9-19-17(20)7-6-14-8-10-18-13-14;/h2,4-5,12,14,18H,3,6-11,13H2,1H3,(H,19,20);1H. The van der Waals surface area contributed by atoms with Gasteiger partial charge in [-0.2, -0.15) is 0 Å². The van der Waals surface area contributed by atoms with Crippen molar-refractivity contribution in [1.29, 1.82) is 0 Å². The molecular weight excluding hydrogens is 316 g/mol. The van der Waals surface area contributed by atoms with E-state index in [2.05, 4.69) is 10.6 Å². The number of amides is 1. The quantitative estimate of drug-likeness (QED) is 0.676. The summed E-state index contributed by atoms with van der Waals surface area (Å²) in [6.07, 6.45) is 3.61. The topological polar surface area (TPSA) is 59.6 Å². The highest BCUT2D eigenvalue weighted by atomic mass is 35.5. The second-order valence-electron chi connectivity index (χ2n) is 5.63. The summed E-state index contributed by atoms with van der Waals surface area (Å²) in [5.74, 6) is 2.39. The molecule has 1 fully saturated rings. The molecule has 0 aliphatic carbocycles. The minimum Gasteiger partial charge on any atom is -0.497 e. The second-order valence-corrected chi connectivity index (χ2v) is 5.63. The summed E-state index contributed by atoms with van der Waals surface area (Å²) in [7, 11) is 1.64. The SMILES string of the molecule is COc1cccc(OCCCNC(=O)CCC2CCNC2)c1.Cl. The molecule has 1 amide bonds. The van der Waals surface area contributed by atoms with Crippen LogP contribution in [0.5, 0.6) is 11.5 Å². The first-order valence-electron chi connectivity index (χ1n) is 8.02. The van der Waals surface area contributed by atoms with E-state index in [1.165, 1.54) is 6.42 Å². The number of benzene rings is 1. The van der Waals surface area contributed by atoms with Gasteiger partial charge < -0.3 is 20.1 Å². The van der Waals surface area contributed by atoms with E-state index in [1.807, 2.05) is 24.3 Å². The molecule has 1 aromatic carbocycles. The van der Waals surface area contributed by atoms with Gasteiger partial charge in [-0.25, -0.2) is 0 Å². The van der Waals surface area contributed by atoms with Gasteiger partial charge in [0.25, 0.3) is 0 Å². The maximum absolute atomic E-state index is 11.7. The maximum atomic E-state index is 11.7. The summed E-state index contributed by atoms with van der Waals surface area (Å²) in [6.45, 7) is 3.39. The lowest BCUT2D eigenvalue weighted by Gasteiger charge is -2.10. The van der Waals surface area contributed by atoms with Crippen molar-refractivity contribution in [3.63, 3.8) is 0 Å². The Bertz CT molecular complexity index is 465. The number of rotatable bonds is 9. The molecule has 1 unspecified atom stereocenters. The van der Waals surface area contributed by atoms with Gasteiger partial charge in [0.15, 0.2) is 0 Å². The van der Waals surface area contributed by atoms with Crippen molar-refractivity contribution < 1.29 is 14.3 Å². The Balaban J connectivity index is 0.00000264. The van der Waals surface area contributed by atoms with Gasteiger partial charge in [0, 0.05) is 19.0 Å². The molecule has 2 rings (SSSR count). The van der Waals surface area contributed by atoms with E-state index in [9.17, 15) is 4.79 Å². The Morgan fingerprint density at radius 3 is 2.96 bits per heavy atom. The van der Waals surface area contributed by atoms with E-state index in [0.717, 1.165) is 37.4 Å². The lowest BCUT2D eigenvalue weighted by atomic mass is 10.0. The van der Waals surface area contributed by atoms with E-state index in [0.29, 0.717) is 25.5 Å². The van der Waals surface area contributed by atoms with Crippen LogP contribution in [0, 0.1) is 5.92 Å². The third kappa shape index (κ3) is 7.57. The van der Waals surface area contributed by atoms with Crippen LogP contribution >= 0.6 is 12.4 Å².